The third kappa shape index (κ3) is 5.03. The van der Waals surface area contributed by atoms with Crippen molar-refractivity contribution in [2.75, 3.05) is 20.5 Å². The Morgan fingerprint density at radius 2 is 2.00 bits per heavy atom. The van der Waals surface area contributed by atoms with Crippen molar-refractivity contribution in [1.82, 2.24) is 0 Å². The molecule has 0 spiro atoms. The molecule has 78 valence electrons. The van der Waals surface area contributed by atoms with Crippen LogP contribution in [0.4, 0.5) is 0 Å². The SMILES string of the molecule is COCOC(C)/C(C)=C(\C)CCO. The van der Waals surface area contributed by atoms with E-state index in [0.29, 0.717) is 13.2 Å². The predicted molar refractivity (Wildman–Crippen MR) is 52.5 cm³/mol. The van der Waals surface area contributed by atoms with Gasteiger partial charge in [0, 0.05) is 13.7 Å². The number of ether oxygens (including phenoxy) is 2. The van der Waals surface area contributed by atoms with Crippen molar-refractivity contribution in [2.24, 2.45) is 0 Å². The standard InChI is InChI=1S/C10H20O3/c1-8(5-6-11)9(2)10(3)13-7-12-4/h10-11H,5-7H2,1-4H3/b9-8+. The summed E-state index contributed by atoms with van der Waals surface area (Å²) in [5.41, 5.74) is 2.36. The maximum Gasteiger partial charge on any atom is 0.147 e. The second-order valence-electron chi connectivity index (χ2n) is 3.15. The van der Waals surface area contributed by atoms with Gasteiger partial charge in [0.15, 0.2) is 0 Å². The van der Waals surface area contributed by atoms with Crippen molar-refractivity contribution in [3.63, 3.8) is 0 Å². The highest BCUT2D eigenvalue weighted by atomic mass is 16.7. The monoisotopic (exact) mass is 188 g/mol. The molecule has 0 bridgehead atoms. The fourth-order valence-electron chi connectivity index (χ4n) is 1.01. The summed E-state index contributed by atoms with van der Waals surface area (Å²) < 4.78 is 10.2. The Morgan fingerprint density at radius 3 is 2.46 bits per heavy atom. The van der Waals surface area contributed by atoms with E-state index in [1.165, 1.54) is 11.1 Å². The van der Waals surface area contributed by atoms with Gasteiger partial charge in [-0.15, -0.1) is 0 Å². The van der Waals surface area contributed by atoms with Gasteiger partial charge in [-0.25, -0.2) is 0 Å². The molecular formula is C10H20O3. The van der Waals surface area contributed by atoms with Crippen molar-refractivity contribution in [3.8, 4) is 0 Å². The number of aliphatic hydroxyl groups is 1. The van der Waals surface area contributed by atoms with E-state index in [1.807, 2.05) is 20.8 Å². The number of rotatable bonds is 6. The molecule has 3 nitrogen and oxygen atoms in total. The minimum Gasteiger partial charge on any atom is -0.396 e. The molecule has 0 amide bonds. The van der Waals surface area contributed by atoms with Crippen LogP contribution in [0.1, 0.15) is 27.2 Å². The third-order valence-corrected chi connectivity index (χ3v) is 2.21. The molecule has 0 aromatic heterocycles. The van der Waals surface area contributed by atoms with E-state index >= 15 is 0 Å². The van der Waals surface area contributed by atoms with E-state index in [4.69, 9.17) is 14.6 Å². The van der Waals surface area contributed by atoms with E-state index in [9.17, 15) is 0 Å². The van der Waals surface area contributed by atoms with E-state index < -0.39 is 0 Å². The zero-order valence-electron chi connectivity index (χ0n) is 8.96. The van der Waals surface area contributed by atoms with Gasteiger partial charge in [0.05, 0.1) is 6.10 Å². The number of aliphatic hydroxyl groups excluding tert-OH is 1. The predicted octanol–water partition coefficient (Wildman–Crippen LogP) is 1.71. The molecule has 0 aliphatic carbocycles. The normalized spacial score (nSPS) is 15.5. The molecule has 13 heavy (non-hydrogen) atoms. The number of methoxy groups -OCH3 is 1. The summed E-state index contributed by atoms with van der Waals surface area (Å²) in [7, 11) is 1.60. The van der Waals surface area contributed by atoms with Gasteiger partial charge < -0.3 is 14.6 Å². The molecule has 3 heteroatoms. The lowest BCUT2D eigenvalue weighted by Gasteiger charge is -2.15. The summed E-state index contributed by atoms with van der Waals surface area (Å²) in [5, 5.41) is 8.74. The van der Waals surface area contributed by atoms with Crippen molar-refractivity contribution in [1.29, 1.82) is 0 Å². The van der Waals surface area contributed by atoms with Gasteiger partial charge in [-0.3, -0.25) is 0 Å². The lowest BCUT2D eigenvalue weighted by Crippen LogP contribution is -2.13. The molecule has 0 saturated heterocycles. The van der Waals surface area contributed by atoms with Crippen molar-refractivity contribution in [3.05, 3.63) is 11.1 Å². The lowest BCUT2D eigenvalue weighted by atomic mass is 10.0. The smallest absolute Gasteiger partial charge is 0.147 e. The Bertz CT molecular complexity index is 164. The minimum absolute atomic E-state index is 0.0616. The zero-order chi connectivity index (χ0) is 10.3. The molecule has 0 aromatic rings. The van der Waals surface area contributed by atoms with Crippen LogP contribution < -0.4 is 0 Å². The van der Waals surface area contributed by atoms with Gasteiger partial charge >= 0.3 is 0 Å². The topological polar surface area (TPSA) is 38.7 Å². The van der Waals surface area contributed by atoms with Crippen molar-refractivity contribution >= 4 is 0 Å². The highest BCUT2D eigenvalue weighted by Gasteiger charge is 2.06. The molecule has 0 aliphatic rings. The summed E-state index contributed by atoms with van der Waals surface area (Å²) in [6.45, 7) is 6.52. The zero-order valence-corrected chi connectivity index (χ0v) is 8.96. The fourth-order valence-corrected chi connectivity index (χ4v) is 1.01. The molecule has 0 fully saturated rings. The first-order valence-corrected chi connectivity index (χ1v) is 4.51. The maximum atomic E-state index is 8.74. The van der Waals surface area contributed by atoms with Gasteiger partial charge in [-0.2, -0.15) is 0 Å². The molecule has 0 saturated carbocycles. The van der Waals surface area contributed by atoms with Gasteiger partial charge in [-0.05, 0) is 32.8 Å². The van der Waals surface area contributed by atoms with E-state index in [1.54, 1.807) is 7.11 Å². The number of hydrogen-bond acceptors (Lipinski definition) is 3. The van der Waals surface area contributed by atoms with Crippen LogP contribution in [-0.2, 0) is 9.47 Å². The summed E-state index contributed by atoms with van der Waals surface area (Å²) in [6.07, 6.45) is 0.776. The summed E-state index contributed by atoms with van der Waals surface area (Å²) >= 11 is 0. The van der Waals surface area contributed by atoms with Crippen molar-refractivity contribution in [2.45, 2.75) is 33.3 Å². The molecular weight excluding hydrogens is 168 g/mol. The van der Waals surface area contributed by atoms with Crippen LogP contribution in [0.2, 0.25) is 0 Å². The van der Waals surface area contributed by atoms with Crippen LogP contribution in [0.15, 0.2) is 11.1 Å². The first-order chi connectivity index (χ1) is 6.13. The summed E-state index contributed by atoms with van der Waals surface area (Å²) in [6, 6.07) is 0. The molecule has 0 radical (unpaired) electrons. The largest absolute Gasteiger partial charge is 0.396 e. The fraction of sp³-hybridized carbons (Fsp3) is 0.800. The van der Waals surface area contributed by atoms with E-state index in [0.717, 1.165) is 0 Å². The number of hydrogen-bond donors (Lipinski definition) is 1. The molecule has 0 aromatic carbocycles. The Morgan fingerprint density at radius 1 is 1.38 bits per heavy atom. The molecule has 1 atom stereocenters. The van der Waals surface area contributed by atoms with Gasteiger partial charge in [-0.1, -0.05) is 5.57 Å². The van der Waals surface area contributed by atoms with Crippen LogP contribution in [0.25, 0.3) is 0 Å². The second kappa shape index (κ2) is 7.06. The molecule has 0 aliphatic heterocycles. The summed E-state index contributed by atoms with van der Waals surface area (Å²) in [4.78, 5) is 0. The highest BCUT2D eigenvalue weighted by molar-refractivity contribution is 5.13. The van der Waals surface area contributed by atoms with E-state index in [-0.39, 0.29) is 12.7 Å². The van der Waals surface area contributed by atoms with Crippen LogP contribution >= 0.6 is 0 Å². The third-order valence-electron chi connectivity index (χ3n) is 2.21. The molecule has 1 unspecified atom stereocenters. The van der Waals surface area contributed by atoms with Crippen LogP contribution in [0.5, 0.6) is 0 Å². The first-order valence-electron chi connectivity index (χ1n) is 4.51. The second-order valence-corrected chi connectivity index (χ2v) is 3.15. The highest BCUT2D eigenvalue weighted by Crippen LogP contribution is 2.13. The van der Waals surface area contributed by atoms with Crippen LogP contribution in [0.3, 0.4) is 0 Å². The van der Waals surface area contributed by atoms with Gasteiger partial charge in [0.25, 0.3) is 0 Å². The average Bonchev–Trinajstić information content (AvgIpc) is 2.13. The molecule has 0 heterocycles. The van der Waals surface area contributed by atoms with Crippen molar-refractivity contribution < 1.29 is 14.6 Å². The Kier molecular flexibility index (Phi) is 6.86. The first kappa shape index (κ1) is 12.6. The van der Waals surface area contributed by atoms with Crippen LogP contribution in [0, 0.1) is 0 Å². The summed E-state index contributed by atoms with van der Waals surface area (Å²) in [5.74, 6) is 0. The minimum atomic E-state index is 0.0616. The lowest BCUT2D eigenvalue weighted by molar-refractivity contribution is -0.0533. The average molecular weight is 188 g/mol. The Labute approximate surface area is 80.4 Å². The quantitative estimate of drug-likeness (QED) is 0.509. The molecule has 1 N–H and O–H groups in total. The van der Waals surface area contributed by atoms with Crippen LogP contribution in [-0.4, -0.2) is 31.7 Å². The Hall–Kier alpha value is -0.380. The maximum absolute atomic E-state index is 8.74. The van der Waals surface area contributed by atoms with Gasteiger partial charge in [0.2, 0.25) is 0 Å². The Balaban J connectivity index is 4.04. The van der Waals surface area contributed by atoms with E-state index in [2.05, 4.69) is 0 Å². The van der Waals surface area contributed by atoms with Gasteiger partial charge in [0.1, 0.15) is 6.79 Å². The molecule has 0 rings (SSSR count).